The topological polar surface area (TPSA) is 124 Å². The fourth-order valence-electron chi connectivity index (χ4n) is 7.94. The molecule has 29 heavy (non-hydrogen) atoms. The van der Waals surface area contributed by atoms with Crippen LogP contribution in [0.4, 0.5) is 0 Å². The summed E-state index contributed by atoms with van der Waals surface area (Å²) in [5.74, 6) is -2.21. The monoisotopic (exact) mass is 410 g/mol. The van der Waals surface area contributed by atoms with Crippen LogP contribution in [0.2, 0.25) is 0 Å². The molecule has 0 saturated heterocycles. The molecule has 0 unspecified atom stereocenters. The molecule has 2 bridgehead atoms. The van der Waals surface area contributed by atoms with Gasteiger partial charge in [-0.05, 0) is 45.4 Å². The molecule has 4 aliphatic rings. The zero-order chi connectivity index (χ0) is 21.8. The first-order valence-corrected chi connectivity index (χ1v) is 10.7. The fourth-order valence-corrected chi connectivity index (χ4v) is 7.94. The third kappa shape index (κ3) is 2.39. The molecule has 0 amide bonds. The van der Waals surface area contributed by atoms with Gasteiger partial charge in [-0.25, -0.2) is 0 Å². The van der Waals surface area contributed by atoms with Crippen molar-refractivity contribution in [3.8, 4) is 0 Å². The van der Waals surface area contributed by atoms with E-state index in [2.05, 4.69) is 0 Å². The summed E-state index contributed by atoms with van der Waals surface area (Å²) in [6.45, 7) is 7.93. The van der Waals surface area contributed by atoms with Crippen molar-refractivity contribution in [1.82, 2.24) is 0 Å². The number of aliphatic hydroxyl groups excluding tert-OH is 1. The first-order chi connectivity index (χ1) is 13.1. The normalized spacial score (nSPS) is 55.8. The Morgan fingerprint density at radius 3 is 2.28 bits per heavy atom. The number of Topliss-reactive ketones (excluding diaryl/α,β-unsaturated/α-hetero) is 1. The van der Waals surface area contributed by atoms with Crippen LogP contribution in [-0.4, -0.2) is 61.2 Å². The molecular weight excluding hydrogens is 376 g/mol. The summed E-state index contributed by atoms with van der Waals surface area (Å²) in [5, 5.41) is 46.1. The molecule has 0 heterocycles. The Morgan fingerprint density at radius 2 is 1.69 bits per heavy atom. The van der Waals surface area contributed by atoms with Gasteiger partial charge in [-0.2, -0.15) is 0 Å². The second kappa shape index (κ2) is 5.81. The van der Waals surface area contributed by atoms with Crippen LogP contribution in [0.5, 0.6) is 0 Å². The fraction of sp³-hybridized carbons (Fsp3) is 0.909. The lowest BCUT2D eigenvalue weighted by molar-refractivity contribution is -0.198. The SMILES string of the molecule is CC(=O)O[C@@H]1[C@H]2CC[C@H]3[C@@](C)(O)[C@@H]4CC(=O)C(C)(C)[C@@]4(O)[C@@H](O)C[C@@]13C[C@@]2(C)O. The summed E-state index contributed by atoms with van der Waals surface area (Å²) < 4.78 is 5.73. The van der Waals surface area contributed by atoms with Gasteiger partial charge in [0.05, 0.1) is 22.7 Å². The average Bonchev–Trinajstić information content (AvgIpc) is 2.80. The van der Waals surface area contributed by atoms with Crippen LogP contribution in [-0.2, 0) is 14.3 Å². The first-order valence-electron chi connectivity index (χ1n) is 10.7. The molecule has 0 aromatic carbocycles. The van der Waals surface area contributed by atoms with Crippen molar-refractivity contribution >= 4 is 11.8 Å². The molecule has 4 rings (SSSR count). The van der Waals surface area contributed by atoms with Crippen LogP contribution < -0.4 is 0 Å². The Hall–Kier alpha value is -1.02. The molecule has 7 heteroatoms. The van der Waals surface area contributed by atoms with E-state index >= 15 is 0 Å². The lowest BCUT2D eigenvalue weighted by Gasteiger charge is -2.51. The standard InChI is InChI=1S/C22H34O7/c1-11(23)29-17-12-6-7-13-20(5,27)14-8-15(24)18(2,3)22(14,28)16(25)9-21(13,17)10-19(12,4)26/h12-14,16-17,25-28H,6-10H2,1-5H3/t12-,13+,14+,16+,17-,19-,20-,21+,22+/m1/s1. The number of carbonyl (C=O) groups is 2. The smallest absolute Gasteiger partial charge is 0.302 e. The maximum Gasteiger partial charge on any atom is 0.302 e. The van der Waals surface area contributed by atoms with Crippen LogP contribution in [0.15, 0.2) is 0 Å². The van der Waals surface area contributed by atoms with Gasteiger partial charge >= 0.3 is 5.97 Å². The van der Waals surface area contributed by atoms with Gasteiger partial charge in [-0.15, -0.1) is 0 Å². The van der Waals surface area contributed by atoms with Gasteiger partial charge in [-0.3, -0.25) is 9.59 Å². The number of hydrogen-bond donors (Lipinski definition) is 4. The summed E-state index contributed by atoms with van der Waals surface area (Å²) in [6.07, 6.45) is -0.518. The number of hydrogen-bond acceptors (Lipinski definition) is 7. The van der Waals surface area contributed by atoms with Crippen LogP contribution in [0.25, 0.3) is 0 Å². The van der Waals surface area contributed by atoms with Gasteiger partial charge in [0.1, 0.15) is 17.5 Å². The molecule has 0 aliphatic heterocycles. The maximum atomic E-state index is 12.8. The maximum absolute atomic E-state index is 12.8. The Balaban J connectivity index is 1.91. The lowest BCUT2D eigenvalue weighted by atomic mass is 9.57. The Kier molecular flexibility index (Phi) is 4.25. The Labute approximate surface area is 171 Å². The van der Waals surface area contributed by atoms with Gasteiger partial charge in [0.15, 0.2) is 0 Å². The number of aliphatic hydroxyl groups is 4. The van der Waals surface area contributed by atoms with E-state index in [0.717, 1.165) is 0 Å². The molecule has 4 aliphatic carbocycles. The van der Waals surface area contributed by atoms with Crippen molar-refractivity contribution in [1.29, 1.82) is 0 Å². The highest BCUT2D eigenvalue weighted by Gasteiger charge is 2.77. The highest BCUT2D eigenvalue weighted by molar-refractivity contribution is 5.89. The minimum atomic E-state index is -1.80. The highest BCUT2D eigenvalue weighted by atomic mass is 16.5. The second-order valence-electron chi connectivity index (χ2n) is 11.1. The van der Waals surface area contributed by atoms with Crippen LogP contribution in [0, 0.1) is 28.6 Å². The van der Waals surface area contributed by atoms with Gasteiger partial charge in [-0.1, -0.05) is 13.8 Å². The molecule has 0 aromatic heterocycles. The number of esters is 1. The molecule has 7 nitrogen and oxygen atoms in total. The predicted octanol–water partition coefficient (Wildman–Crippen LogP) is 0.947. The van der Waals surface area contributed by atoms with Gasteiger partial charge in [0, 0.05) is 30.6 Å². The van der Waals surface area contributed by atoms with Crippen LogP contribution >= 0.6 is 0 Å². The summed E-state index contributed by atoms with van der Waals surface area (Å²) in [4.78, 5) is 24.7. The first kappa shape index (κ1) is 21.2. The minimum Gasteiger partial charge on any atom is -0.462 e. The molecule has 9 atom stereocenters. The van der Waals surface area contributed by atoms with E-state index in [4.69, 9.17) is 4.74 Å². The third-order valence-electron chi connectivity index (χ3n) is 9.28. The lowest BCUT2D eigenvalue weighted by Crippen LogP contribution is -2.60. The average molecular weight is 411 g/mol. The van der Waals surface area contributed by atoms with Crippen molar-refractivity contribution in [3.63, 3.8) is 0 Å². The number of carbonyl (C=O) groups excluding carboxylic acids is 2. The predicted molar refractivity (Wildman–Crippen MR) is 103 cm³/mol. The van der Waals surface area contributed by atoms with E-state index in [0.29, 0.717) is 12.8 Å². The van der Waals surface area contributed by atoms with E-state index in [1.807, 2.05) is 0 Å². The van der Waals surface area contributed by atoms with Crippen LogP contribution in [0.1, 0.15) is 66.7 Å². The van der Waals surface area contributed by atoms with Gasteiger partial charge < -0.3 is 25.2 Å². The minimum absolute atomic E-state index is 0.0157. The molecule has 1 spiro atoms. The van der Waals surface area contributed by atoms with Crippen molar-refractivity contribution in [2.45, 2.75) is 95.7 Å². The zero-order valence-electron chi connectivity index (χ0n) is 17.9. The van der Waals surface area contributed by atoms with Crippen molar-refractivity contribution in [3.05, 3.63) is 0 Å². The van der Waals surface area contributed by atoms with E-state index in [1.165, 1.54) is 6.92 Å². The van der Waals surface area contributed by atoms with Crippen molar-refractivity contribution < 1.29 is 34.8 Å². The molecular formula is C22H34O7. The van der Waals surface area contributed by atoms with Crippen molar-refractivity contribution in [2.75, 3.05) is 0 Å². The second-order valence-corrected chi connectivity index (χ2v) is 11.1. The number of ether oxygens (including phenoxy) is 1. The number of rotatable bonds is 1. The molecule has 0 aromatic rings. The van der Waals surface area contributed by atoms with Crippen LogP contribution in [0.3, 0.4) is 0 Å². The molecule has 4 saturated carbocycles. The van der Waals surface area contributed by atoms with E-state index in [9.17, 15) is 30.0 Å². The van der Waals surface area contributed by atoms with Gasteiger partial charge in [0.25, 0.3) is 0 Å². The summed E-state index contributed by atoms with van der Waals surface area (Å²) >= 11 is 0. The quantitative estimate of drug-likeness (QED) is 0.474. The highest BCUT2D eigenvalue weighted by Crippen LogP contribution is 2.69. The molecule has 4 fully saturated rings. The Bertz CT molecular complexity index is 756. The third-order valence-corrected chi connectivity index (χ3v) is 9.28. The number of ketones is 1. The van der Waals surface area contributed by atoms with E-state index < -0.39 is 57.6 Å². The van der Waals surface area contributed by atoms with E-state index in [-0.39, 0.29) is 31.0 Å². The van der Waals surface area contributed by atoms with Crippen molar-refractivity contribution in [2.24, 2.45) is 28.6 Å². The zero-order valence-corrected chi connectivity index (χ0v) is 17.9. The molecule has 0 radical (unpaired) electrons. The van der Waals surface area contributed by atoms with Gasteiger partial charge in [0.2, 0.25) is 0 Å². The largest absolute Gasteiger partial charge is 0.462 e. The Morgan fingerprint density at radius 1 is 1.07 bits per heavy atom. The summed E-state index contributed by atoms with van der Waals surface area (Å²) in [7, 11) is 0. The summed E-state index contributed by atoms with van der Waals surface area (Å²) in [5.41, 5.74) is -6.48. The van der Waals surface area contributed by atoms with E-state index in [1.54, 1.807) is 27.7 Å². The molecule has 4 N–H and O–H groups in total. The summed E-state index contributed by atoms with van der Waals surface area (Å²) in [6, 6.07) is 0. The number of fused-ring (bicyclic) bond motifs is 2. The molecule has 164 valence electrons.